The van der Waals surface area contributed by atoms with Gasteiger partial charge in [-0.3, -0.25) is 4.79 Å². The van der Waals surface area contributed by atoms with Gasteiger partial charge in [0.25, 0.3) is 0 Å². The molecule has 1 amide bonds. The molecule has 4 nitrogen and oxygen atoms in total. The molecule has 0 aromatic heterocycles. The van der Waals surface area contributed by atoms with Gasteiger partial charge < -0.3 is 15.2 Å². The first kappa shape index (κ1) is 13.5. The molecule has 0 heterocycles. The maximum absolute atomic E-state index is 11.9. The van der Waals surface area contributed by atoms with Gasteiger partial charge in [-0.25, -0.2) is 0 Å². The molecule has 0 aliphatic heterocycles. The van der Waals surface area contributed by atoms with Crippen molar-refractivity contribution in [3.8, 4) is 0 Å². The Morgan fingerprint density at radius 3 is 2.25 bits per heavy atom. The Morgan fingerprint density at radius 1 is 1.38 bits per heavy atom. The predicted molar refractivity (Wildman–Crippen MR) is 61.9 cm³/mol. The van der Waals surface area contributed by atoms with Crippen molar-refractivity contribution in [2.45, 2.75) is 33.8 Å². The van der Waals surface area contributed by atoms with E-state index in [4.69, 9.17) is 4.74 Å². The third-order valence-corrected chi connectivity index (χ3v) is 4.15. The zero-order valence-electron chi connectivity index (χ0n) is 10.8. The standard InChI is InChI=1S/C12H23NO3/c1-11(2)9(12(11,3)4)10(15)13-6-8(14)7-16-5/h8-9,14H,6-7H2,1-5H3,(H,13,15). The Kier molecular flexibility index (Phi) is 3.65. The number of aliphatic hydroxyl groups is 1. The van der Waals surface area contributed by atoms with E-state index in [9.17, 15) is 9.90 Å². The molecule has 1 aliphatic carbocycles. The van der Waals surface area contributed by atoms with E-state index >= 15 is 0 Å². The van der Waals surface area contributed by atoms with Gasteiger partial charge in [-0.15, -0.1) is 0 Å². The molecule has 1 unspecified atom stereocenters. The number of nitrogens with one attached hydrogen (secondary N) is 1. The van der Waals surface area contributed by atoms with Gasteiger partial charge in [0.15, 0.2) is 0 Å². The minimum absolute atomic E-state index is 0.0325. The Morgan fingerprint density at radius 2 is 1.88 bits per heavy atom. The topological polar surface area (TPSA) is 58.6 Å². The lowest BCUT2D eigenvalue weighted by Gasteiger charge is -2.11. The largest absolute Gasteiger partial charge is 0.389 e. The van der Waals surface area contributed by atoms with E-state index in [1.165, 1.54) is 7.11 Å². The van der Waals surface area contributed by atoms with Crippen molar-refractivity contribution in [3.05, 3.63) is 0 Å². The molecule has 1 saturated carbocycles. The second-order valence-corrected chi connectivity index (χ2v) is 5.73. The number of hydrogen-bond donors (Lipinski definition) is 2. The van der Waals surface area contributed by atoms with Crippen LogP contribution in [0.3, 0.4) is 0 Å². The van der Waals surface area contributed by atoms with Crippen LogP contribution in [0.25, 0.3) is 0 Å². The fraction of sp³-hybridized carbons (Fsp3) is 0.917. The zero-order valence-corrected chi connectivity index (χ0v) is 10.8. The third-order valence-electron chi connectivity index (χ3n) is 4.15. The van der Waals surface area contributed by atoms with Crippen molar-refractivity contribution in [1.29, 1.82) is 0 Å². The first-order valence-electron chi connectivity index (χ1n) is 5.70. The Hall–Kier alpha value is -0.610. The van der Waals surface area contributed by atoms with Crippen LogP contribution < -0.4 is 5.32 Å². The normalized spacial score (nSPS) is 23.9. The van der Waals surface area contributed by atoms with Gasteiger partial charge in [0, 0.05) is 19.6 Å². The number of aliphatic hydroxyl groups excluding tert-OH is 1. The second kappa shape index (κ2) is 4.34. The van der Waals surface area contributed by atoms with E-state index in [-0.39, 0.29) is 35.8 Å². The summed E-state index contributed by atoms with van der Waals surface area (Å²) in [7, 11) is 1.53. The summed E-state index contributed by atoms with van der Waals surface area (Å²) in [4.78, 5) is 11.9. The fourth-order valence-corrected chi connectivity index (χ4v) is 2.42. The summed E-state index contributed by atoms with van der Waals surface area (Å²) in [5.74, 6) is 0.0693. The van der Waals surface area contributed by atoms with Crippen LogP contribution in [0.4, 0.5) is 0 Å². The summed E-state index contributed by atoms with van der Waals surface area (Å²) in [6.45, 7) is 8.91. The maximum atomic E-state index is 11.9. The fourth-order valence-electron chi connectivity index (χ4n) is 2.42. The van der Waals surface area contributed by atoms with Crippen LogP contribution in [0.5, 0.6) is 0 Å². The lowest BCUT2D eigenvalue weighted by Crippen LogP contribution is -2.36. The number of carbonyl (C=O) groups excluding carboxylic acids is 1. The van der Waals surface area contributed by atoms with Crippen LogP contribution in [0.15, 0.2) is 0 Å². The van der Waals surface area contributed by atoms with Crippen molar-refractivity contribution < 1.29 is 14.6 Å². The van der Waals surface area contributed by atoms with E-state index in [0.29, 0.717) is 0 Å². The lowest BCUT2D eigenvalue weighted by atomic mass is 10.0. The molecule has 0 radical (unpaired) electrons. The Balaban J connectivity index is 2.39. The Bertz CT molecular complexity index is 259. The molecule has 1 aliphatic rings. The molecular formula is C12H23NO3. The van der Waals surface area contributed by atoms with Crippen molar-refractivity contribution in [1.82, 2.24) is 5.32 Å². The summed E-state index contributed by atoms with van der Waals surface area (Å²) in [5, 5.41) is 12.2. The highest BCUT2D eigenvalue weighted by Gasteiger charge is 2.68. The highest BCUT2D eigenvalue weighted by atomic mass is 16.5. The molecule has 0 aromatic rings. The molecule has 2 N–H and O–H groups in total. The number of ether oxygens (including phenoxy) is 1. The van der Waals surface area contributed by atoms with Crippen LogP contribution in [-0.4, -0.2) is 37.4 Å². The van der Waals surface area contributed by atoms with Crippen LogP contribution in [0, 0.1) is 16.7 Å². The highest BCUT2D eigenvalue weighted by molar-refractivity contribution is 5.84. The van der Waals surface area contributed by atoms with Crippen LogP contribution in [-0.2, 0) is 9.53 Å². The van der Waals surface area contributed by atoms with Crippen molar-refractivity contribution >= 4 is 5.91 Å². The van der Waals surface area contributed by atoms with Crippen LogP contribution >= 0.6 is 0 Å². The first-order chi connectivity index (χ1) is 7.25. The first-order valence-corrected chi connectivity index (χ1v) is 5.70. The lowest BCUT2D eigenvalue weighted by molar-refractivity contribution is -0.124. The van der Waals surface area contributed by atoms with E-state index < -0.39 is 6.10 Å². The van der Waals surface area contributed by atoms with E-state index in [1.807, 2.05) is 0 Å². The molecule has 1 rings (SSSR count). The minimum Gasteiger partial charge on any atom is -0.389 e. The van der Waals surface area contributed by atoms with Crippen molar-refractivity contribution in [2.24, 2.45) is 16.7 Å². The number of hydrogen-bond acceptors (Lipinski definition) is 3. The van der Waals surface area contributed by atoms with Crippen molar-refractivity contribution in [2.75, 3.05) is 20.3 Å². The Labute approximate surface area is 97.4 Å². The summed E-state index contributed by atoms with van der Waals surface area (Å²) < 4.78 is 4.79. The van der Waals surface area contributed by atoms with E-state index in [1.54, 1.807) is 0 Å². The summed E-state index contributed by atoms with van der Waals surface area (Å²) in [6.07, 6.45) is -0.626. The number of amides is 1. The molecule has 94 valence electrons. The molecule has 0 spiro atoms. The number of rotatable bonds is 5. The molecule has 1 fully saturated rings. The maximum Gasteiger partial charge on any atom is 0.224 e. The molecule has 1 atom stereocenters. The van der Waals surface area contributed by atoms with Gasteiger partial charge >= 0.3 is 0 Å². The number of methoxy groups -OCH3 is 1. The highest BCUT2D eigenvalue weighted by Crippen LogP contribution is 2.68. The smallest absolute Gasteiger partial charge is 0.224 e. The average Bonchev–Trinajstić information content (AvgIpc) is 2.54. The van der Waals surface area contributed by atoms with Gasteiger partial charge in [-0.2, -0.15) is 0 Å². The van der Waals surface area contributed by atoms with Gasteiger partial charge in [-0.1, -0.05) is 27.7 Å². The molecule has 0 saturated heterocycles. The summed E-state index contributed by atoms with van der Waals surface area (Å²) in [6, 6.07) is 0. The summed E-state index contributed by atoms with van der Waals surface area (Å²) in [5.41, 5.74) is 0.0899. The minimum atomic E-state index is -0.626. The predicted octanol–water partition coefficient (Wildman–Crippen LogP) is 0.792. The molecule has 16 heavy (non-hydrogen) atoms. The number of carbonyl (C=O) groups is 1. The average molecular weight is 229 g/mol. The van der Waals surface area contributed by atoms with E-state index in [0.717, 1.165) is 0 Å². The van der Waals surface area contributed by atoms with E-state index in [2.05, 4.69) is 33.0 Å². The molecule has 0 aromatic carbocycles. The zero-order chi connectivity index (χ0) is 12.6. The molecule has 4 heteroatoms. The van der Waals surface area contributed by atoms with Crippen LogP contribution in [0.2, 0.25) is 0 Å². The van der Waals surface area contributed by atoms with Crippen molar-refractivity contribution in [3.63, 3.8) is 0 Å². The van der Waals surface area contributed by atoms with Gasteiger partial charge in [0.05, 0.1) is 12.7 Å². The van der Waals surface area contributed by atoms with Crippen LogP contribution in [0.1, 0.15) is 27.7 Å². The van der Waals surface area contributed by atoms with Gasteiger partial charge in [-0.05, 0) is 10.8 Å². The van der Waals surface area contributed by atoms with Gasteiger partial charge in [0.2, 0.25) is 5.91 Å². The second-order valence-electron chi connectivity index (χ2n) is 5.73. The molecular weight excluding hydrogens is 206 g/mol. The molecule has 0 bridgehead atoms. The summed E-state index contributed by atoms with van der Waals surface area (Å²) >= 11 is 0. The monoisotopic (exact) mass is 229 g/mol. The third kappa shape index (κ3) is 2.23. The quantitative estimate of drug-likeness (QED) is 0.733. The SMILES string of the molecule is COCC(O)CNC(=O)C1C(C)(C)C1(C)C. The van der Waals surface area contributed by atoms with Gasteiger partial charge in [0.1, 0.15) is 0 Å².